The largest absolute Gasteiger partial charge is 0.454 e. The summed E-state index contributed by atoms with van der Waals surface area (Å²) >= 11 is 0. The molecule has 0 spiro atoms. The molecular weight excluding hydrogens is 402 g/mol. The van der Waals surface area contributed by atoms with Crippen molar-refractivity contribution >= 4 is 17.3 Å². The Morgan fingerprint density at radius 3 is 2.19 bits per heavy atom. The monoisotopic (exact) mass is 425 g/mol. The normalized spacial score (nSPS) is 12.0. The van der Waals surface area contributed by atoms with Gasteiger partial charge in [-0.1, -0.05) is 66.7 Å². The summed E-state index contributed by atoms with van der Waals surface area (Å²) in [6.07, 6.45) is 1.51. The molecule has 5 rings (SSSR count). The van der Waals surface area contributed by atoms with E-state index in [4.69, 9.17) is 15.2 Å². The van der Waals surface area contributed by atoms with Crippen molar-refractivity contribution < 1.29 is 9.47 Å². The van der Waals surface area contributed by atoms with E-state index in [-0.39, 0.29) is 12.8 Å². The number of nitrogens with two attached hydrogens (primary N) is 1. The molecule has 0 unspecified atom stereocenters. The Morgan fingerprint density at radius 1 is 0.812 bits per heavy atom. The maximum Gasteiger partial charge on any atom is 0.231 e. The summed E-state index contributed by atoms with van der Waals surface area (Å²) in [6.45, 7) is 0.794. The summed E-state index contributed by atoms with van der Waals surface area (Å²) in [6, 6.07) is 26.2. The van der Waals surface area contributed by atoms with Gasteiger partial charge in [0.05, 0.1) is 6.04 Å². The second kappa shape index (κ2) is 8.85. The third-order valence-corrected chi connectivity index (χ3v) is 5.33. The summed E-state index contributed by atoms with van der Waals surface area (Å²) in [5.41, 5.74) is 10.2. The second-order valence-electron chi connectivity index (χ2n) is 7.42. The number of benzene rings is 3. The Labute approximate surface area is 186 Å². The van der Waals surface area contributed by atoms with Gasteiger partial charge in [0.25, 0.3) is 0 Å². The van der Waals surface area contributed by atoms with Crippen LogP contribution < -0.4 is 25.8 Å². The molecule has 0 atom stereocenters. The van der Waals surface area contributed by atoms with Crippen molar-refractivity contribution in [2.45, 2.75) is 12.6 Å². The lowest BCUT2D eigenvalue weighted by molar-refractivity contribution is 0.174. The van der Waals surface area contributed by atoms with Gasteiger partial charge >= 0.3 is 0 Å². The Kier molecular flexibility index (Phi) is 5.45. The van der Waals surface area contributed by atoms with Gasteiger partial charge in [0.15, 0.2) is 23.1 Å². The Hall–Kier alpha value is -4.26. The molecule has 2 heterocycles. The van der Waals surface area contributed by atoms with Gasteiger partial charge in [0.2, 0.25) is 6.79 Å². The van der Waals surface area contributed by atoms with Crippen molar-refractivity contribution in [3.05, 3.63) is 102 Å². The maximum absolute atomic E-state index is 6.45. The van der Waals surface area contributed by atoms with E-state index in [1.165, 1.54) is 6.33 Å². The maximum atomic E-state index is 6.45. The zero-order valence-corrected chi connectivity index (χ0v) is 17.4. The van der Waals surface area contributed by atoms with E-state index in [1.54, 1.807) is 0 Å². The van der Waals surface area contributed by atoms with E-state index >= 15 is 0 Å². The van der Waals surface area contributed by atoms with Crippen molar-refractivity contribution in [1.82, 2.24) is 9.97 Å². The molecule has 32 heavy (non-hydrogen) atoms. The first-order chi connectivity index (χ1) is 15.8. The number of hydrogen-bond acceptors (Lipinski definition) is 7. The number of nitrogens with one attached hydrogen (secondary N) is 2. The highest BCUT2D eigenvalue weighted by Crippen LogP contribution is 2.33. The lowest BCUT2D eigenvalue weighted by Crippen LogP contribution is -2.16. The van der Waals surface area contributed by atoms with Crippen LogP contribution in [-0.4, -0.2) is 16.8 Å². The van der Waals surface area contributed by atoms with Crippen LogP contribution in [0, 0.1) is 0 Å². The number of nitrogen functional groups attached to an aromatic ring is 1. The minimum atomic E-state index is -0.101. The van der Waals surface area contributed by atoms with Crippen LogP contribution in [0.2, 0.25) is 0 Å². The van der Waals surface area contributed by atoms with Crippen LogP contribution in [0.5, 0.6) is 11.5 Å². The van der Waals surface area contributed by atoms with E-state index in [0.717, 1.165) is 28.2 Å². The molecule has 0 amide bonds. The zero-order valence-electron chi connectivity index (χ0n) is 17.4. The Morgan fingerprint density at radius 2 is 1.47 bits per heavy atom. The average Bonchev–Trinajstić information content (AvgIpc) is 3.32. The molecule has 3 aromatic carbocycles. The minimum Gasteiger partial charge on any atom is -0.454 e. The van der Waals surface area contributed by atoms with Crippen LogP contribution in [0.4, 0.5) is 17.3 Å². The fourth-order valence-corrected chi connectivity index (χ4v) is 3.67. The third kappa shape index (κ3) is 4.13. The highest BCUT2D eigenvalue weighted by Gasteiger charge is 2.18. The Balaban J connectivity index is 1.37. The summed E-state index contributed by atoms with van der Waals surface area (Å²) in [4.78, 5) is 8.74. The number of nitrogens with zero attached hydrogens (tertiary/aromatic N) is 2. The van der Waals surface area contributed by atoms with E-state index < -0.39 is 0 Å². The molecule has 0 fully saturated rings. The van der Waals surface area contributed by atoms with Gasteiger partial charge in [-0.05, 0) is 28.8 Å². The highest BCUT2D eigenvalue weighted by atomic mass is 16.7. The molecular formula is C25H23N5O2. The highest BCUT2D eigenvalue weighted by molar-refractivity contribution is 5.74. The first-order valence-electron chi connectivity index (χ1n) is 10.4. The van der Waals surface area contributed by atoms with Gasteiger partial charge in [-0.2, -0.15) is 0 Å². The van der Waals surface area contributed by atoms with Crippen LogP contribution >= 0.6 is 0 Å². The standard InChI is InChI=1S/C25H23N5O2/c26-22-24(27-14-17-11-12-20-21(13-17)32-16-31-20)28-15-29-25(22)30-23(18-7-3-1-4-8-18)19-9-5-2-6-10-19/h1-13,15,23H,14,16,26H2,(H2,27,28,29,30). The number of fused-ring (bicyclic) bond motifs is 1. The minimum absolute atomic E-state index is 0.101. The molecule has 160 valence electrons. The predicted molar refractivity (Wildman–Crippen MR) is 125 cm³/mol. The summed E-state index contributed by atoms with van der Waals surface area (Å²) < 4.78 is 10.8. The van der Waals surface area contributed by atoms with Crippen LogP contribution in [0.3, 0.4) is 0 Å². The summed E-state index contributed by atoms with van der Waals surface area (Å²) in [5, 5.41) is 6.80. The summed E-state index contributed by atoms with van der Waals surface area (Å²) in [5.74, 6) is 2.65. The predicted octanol–water partition coefficient (Wildman–Crippen LogP) is 4.60. The molecule has 1 aliphatic rings. The fourth-order valence-electron chi connectivity index (χ4n) is 3.67. The van der Waals surface area contributed by atoms with Crippen LogP contribution in [0.1, 0.15) is 22.7 Å². The molecule has 0 saturated heterocycles. The molecule has 0 radical (unpaired) electrons. The van der Waals surface area contributed by atoms with E-state index in [2.05, 4.69) is 44.9 Å². The lowest BCUT2D eigenvalue weighted by Gasteiger charge is -2.22. The Bertz CT molecular complexity index is 1160. The average molecular weight is 425 g/mol. The van der Waals surface area contributed by atoms with Crippen LogP contribution in [-0.2, 0) is 6.54 Å². The van der Waals surface area contributed by atoms with Crippen LogP contribution in [0.15, 0.2) is 85.2 Å². The molecule has 0 bridgehead atoms. The van der Waals surface area contributed by atoms with Crippen molar-refractivity contribution in [1.29, 1.82) is 0 Å². The molecule has 0 aliphatic carbocycles. The van der Waals surface area contributed by atoms with Gasteiger partial charge in [-0.3, -0.25) is 0 Å². The van der Waals surface area contributed by atoms with E-state index in [9.17, 15) is 0 Å². The SMILES string of the molecule is Nc1c(NCc2ccc3c(c2)OCO3)ncnc1NC(c1ccccc1)c1ccccc1. The molecule has 7 heteroatoms. The second-order valence-corrected chi connectivity index (χ2v) is 7.42. The quantitative estimate of drug-likeness (QED) is 0.398. The van der Waals surface area contributed by atoms with Gasteiger partial charge in [0.1, 0.15) is 12.0 Å². The van der Waals surface area contributed by atoms with Gasteiger partial charge in [-0.25, -0.2) is 9.97 Å². The van der Waals surface area contributed by atoms with Gasteiger partial charge in [-0.15, -0.1) is 0 Å². The van der Waals surface area contributed by atoms with Crippen molar-refractivity contribution in [3.63, 3.8) is 0 Å². The fraction of sp³-hybridized carbons (Fsp3) is 0.120. The van der Waals surface area contributed by atoms with Crippen molar-refractivity contribution in [2.24, 2.45) is 0 Å². The molecule has 1 aliphatic heterocycles. The topological polar surface area (TPSA) is 94.3 Å². The van der Waals surface area contributed by atoms with E-state index in [0.29, 0.717) is 23.9 Å². The molecule has 4 aromatic rings. The number of ether oxygens (including phenoxy) is 2. The van der Waals surface area contributed by atoms with Gasteiger partial charge in [0, 0.05) is 6.54 Å². The lowest BCUT2D eigenvalue weighted by atomic mass is 9.99. The number of hydrogen-bond donors (Lipinski definition) is 3. The van der Waals surface area contributed by atoms with Gasteiger partial charge < -0.3 is 25.8 Å². The van der Waals surface area contributed by atoms with E-state index in [1.807, 2.05) is 54.6 Å². The number of aromatic nitrogens is 2. The first-order valence-corrected chi connectivity index (χ1v) is 10.4. The zero-order chi connectivity index (χ0) is 21.8. The van der Waals surface area contributed by atoms with Crippen molar-refractivity contribution in [2.75, 3.05) is 23.2 Å². The summed E-state index contributed by atoms with van der Waals surface area (Å²) in [7, 11) is 0. The third-order valence-electron chi connectivity index (χ3n) is 5.33. The molecule has 4 N–H and O–H groups in total. The smallest absolute Gasteiger partial charge is 0.231 e. The van der Waals surface area contributed by atoms with Crippen LogP contribution in [0.25, 0.3) is 0 Å². The molecule has 7 nitrogen and oxygen atoms in total. The molecule has 0 saturated carbocycles. The number of rotatable bonds is 7. The first kappa shape index (κ1) is 19.7. The van der Waals surface area contributed by atoms with Crippen molar-refractivity contribution in [3.8, 4) is 11.5 Å². The molecule has 1 aromatic heterocycles. The number of anilines is 3.